The second-order valence-corrected chi connectivity index (χ2v) is 5.30. The molecule has 2 heterocycles. The zero-order chi connectivity index (χ0) is 14.8. The molecule has 0 aliphatic carbocycles. The van der Waals surface area contributed by atoms with Crippen LogP contribution in [0.4, 0.5) is 5.82 Å². The van der Waals surface area contributed by atoms with Crippen molar-refractivity contribution in [2.45, 2.75) is 26.2 Å². The van der Waals surface area contributed by atoms with E-state index < -0.39 is 0 Å². The van der Waals surface area contributed by atoms with Gasteiger partial charge >= 0.3 is 0 Å². The van der Waals surface area contributed by atoms with Gasteiger partial charge in [-0.1, -0.05) is 20.8 Å². The van der Waals surface area contributed by atoms with Gasteiger partial charge in [0.15, 0.2) is 5.82 Å². The summed E-state index contributed by atoms with van der Waals surface area (Å²) < 4.78 is 5.08. The first-order chi connectivity index (χ1) is 9.44. The largest absolute Gasteiger partial charge is 0.481 e. The molecule has 0 saturated carbocycles. The summed E-state index contributed by atoms with van der Waals surface area (Å²) in [6, 6.07) is 3.50. The standard InChI is InChI=1S/C13H18N6O/c1-13(2,3)9-6-10(19-14)18-12(17-9)8-5-11(20-4)16-7-15-8/h5-7H,14H2,1-4H3,(H,17,18,19). The fourth-order valence-corrected chi connectivity index (χ4v) is 1.59. The van der Waals surface area contributed by atoms with Gasteiger partial charge in [-0.25, -0.2) is 25.8 Å². The SMILES string of the molecule is COc1cc(-c2nc(NN)cc(C(C)(C)C)n2)ncn1. The van der Waals surface area contributed by atoms with Gasteiger partial charge in [0.1, 0.15) is 17.8 Å². The van der Waals surface area contributed by atoms with Gasteiger partial charge in [-0.05, 0) is 0 Å². The van der Waals surface area contributed by atoms with Crippen LogP contribution >= 0.6 is 0 Å². The molecule has 3 N–H and O–H groups in total. The minimum atomic E-state index is -0.125. The number of ether oxygens (including phenoxy) is 1. The average Bonchev–Trinajstić information content (AvgIpc) is 2.46. The third-order valence-corrected chi connectivity index (χ3v) is 2.72. The van der Waals surface area contributed by atoms with Gasteiger partial charge in [0.05, 0.1) is 12.8 Å². The predicted octanol–water partition coefficient (Wildman–Crippen LogP) is 1.53. The number of hydrogen-bond acceptors (Lipinski definition) is 7. The van der Waals surface area contributed by atoms with Crippen LogP contribution in [0.25, 0.3) is 11.5 Å². The van der Waals surface area contributed by atoms with E-state index in [4.69, 9.17) is 10.6 Å². The van der Waals surface area contributed by atoms with E-state index >= 15 is 0 Å². The van der Waals surface area contributed by atoms with Crippen LogP contribution in [0.1, 0.15) is 26.5 Å². The second kappa shape index (κ2) is 5.38. The summed E-state index contributed by atoms with van der Waals surface area (Å²) in [5, 5.41) is 0. The maximum Gasteiger partial charge on any atom is 0.216 e. The number of methoxy groups -OCH3 is 1. The molecule has 0 atom stereocenters. The summed E-state index contributed by atoms with van der Waals surface area (Å²) in [5.74, 6) is 6.94. The van der Waals surface area contributed by atoms with Crippen molar-refractivity contribution in [3.63, 3.8) is 0 Å². The zero-order valence-electron chi connectivity index (χ0n) is 12.0. The van der Waals surface area contributed by atoms with Gasteiger partial charge in [-0.2, -0.15) is 0 Å². The molecule has 7 nitrogen and oxygen atoms in total. The summed E-state index contributed by atoms with van der Waals surface area (Å²) in [6.45, 7) is 6.21. The molecule has 0 spiro atoms. The predicted molar refractivity (Wildman–Crippen MR) is 76.1 cm³/mol. The van der Waals surface area contributed by atoms with Crippen LogP contribution in [0, 0.1) is 0 Å². The summed E-state index contributed by atoms with van der Waals surface area (Å²) in [4.78, 5) is 17.0. The second-order valence-electron chi connectivity index (χ2n) is 5.30. The van der Waals surface area contributed by atoms with Crippen molar-refractivity contribution in [1.82, 2.24) is 19.9 Å². The van der Waals surface area contributed by atoms with Crippen molar-refractivity contribution in [3.8, 4) is 17.4 Å². The third kappa shape index (κ3) is 3.00. The number of nitrogens with one attached hydrogen (secondary N) is 1. The molecular formula is C13H18N6O. The Labute approximate surface area is 117 Å². The van der Waals surface area contributed by atoms with Crippen LogP contribution in [-0.4, -0.2) is 27.0 Å². The topological polar surface area (TPSA) is 98.8 Å². The van der Waals surface area contributed by atoms with Gasteiger partial charge in [0, 0.05) is 17.5 Å². The highest BCUT2D eigenvalue weighted by Crippen LogP contribution is 2.25. The molecular weight excluding hydrogens is 256 g/mol. The van der Waals surface area contributed by atoms with E-state index in [0.717, 1.165) is 5.69 Å². The molecule has 0 aromatic carbocycles. The summed E-state index contributed by atoms with van der Waals surface area (Å²) in [7, 11) is 1.55. The molecule has 0 aliphatic rings. The van der Waals surface area contributed by atoms with Crippen LogP contribution in [0.5, 0.6) is 5.88 Å². The van der Waals surface area contributed by atoms with Crippen molar-refractivity contribution >= 4 is 5.82 Å². The Morgan fingerprint density at radius 2 is 1.90 bits per heavy atom. The van der Waals surface area contributed by atoms with Gasteiger partial charge in [0.2, 0.25) is 5.88 Å². The van der Waals surface area contributed by atoms with Crippen molar-refractivity contribution in [2.24, 2.45) is 5.84 Å². The zero-order valence-corrected chi connectivity index (χ0v) is 12.0. The molecule has 0 saturated heterocycles. The fraction of sp³-hybridized carbons (Fsp3) is 0.385. The van der Waals surface area contributed by atoms with Crippen LogP contribution in [0.3, 0.4) is 0 Å². The number of nitrogens with zero attached hydrogens (tertiary/aromatic N) is 4. The number of nitrogens with two attached hydrogens (primary N) is 1. The van der Waals surface area contributed by atoms with Gasteiger partial charge in [-0.3, -0.25) is 0 Å². The first-order valence-electron chi connectivity index (χ1n) is 6.16. The Kier molecular flexibility index (Phi) is 3.80. The van der Waals surface area contributed by atoms with Gasteiger partial charge in [-0.15, -0.1) is 0 Å². The molecule has 0 aliphatic heterocycles. The quantitative estimate of drug-likeness (QED) is 0.646. The third-order valence-electron chi connectivity index (χ3n) is 2.72. The molecule has 7 heteroatoms. The monoisotopic (exact) mass is 274 g/mol. The minimum absolute atomic E-state index is 0.125. The number of hydrazine groups is 1. The maximum absolute atomic E-state index is 5.47. The Balaban J connectivity index is 2.55. The van der Waals surface area contributed by atoms with Crippen LogP contribution < -0.4 is 16.0 Å². The van der Waals surface area contributed by atoms with Crippen LogP contribution in [0.15, 0.2) is 18.5 Å². The van der Waals surface area contributed by atoms with Crippen molar-refractivity contribution in [3.05, 3.63) is 24.2 Å². The van der Waals surface area contributed by atoms with Crippen molar-refractivity contribution in [2.75, 3.05) is 12.5 Å². The molecule has 2 aromatic heterocycles. The van der Waals surface area contributed by atoms with Gasteiger partial charge < -0.3 is 10.2 Å². The van der Waals surface area contributed by atoms with Crippen LogP contribution in [-0.2, 0) is 5.41 Å². The lowest BCUT2D eigenvalue weighted by atomic mass is 9.92. The lowest BCUT2D eigenvalue weighted by Crippen LogP contribution is -2.17. The highest BCUT2D eigenvalue weighted by molar-refractivity contribution is 5.54. The molecule has 0 radical (unpaired) electrons. The van der Waals surface area contributed by atoms with Crippen LogP contribution in [0.2, 0.25) is 0 Å². The maximum atomic E-state index is 5.47. The molecule has 0 fully saturated rings. The number of aromatic nitrogens is 4. The average molecular weight is 274 g/mol. The first-order valence-corrected chi connectivity index (χ1v) is 6.16. The molecule has 106 valence electrons. The van der Waals surface area contributed by atoms with Crippen molar-refractivity contribution in [1.29, 1.82) is 0 Å². The fourth-order valence-electron chi connectivity index (χ4n) is 1.59. The summed E-state index contributed by atoms with van der Waals surface area (Å²) in [5.41, 5.74) is 3.88. The first kappa shape index (κ1) is 14.1. The number of anilines is 1. The van der Waals surface area contributed by atoms with E-state index in [-0.39, 0.29) is 5.41 Å². The molecule has 2 rings (SSSR count). The Morgan fingerprint density at radius 1 is 1.15 bits per heavy atom. The Hall–Kier alpha value is -2.28. The highest BCUT2D eigenvalue weighted by Gasteiger charge is 2.19. The molecule has 0 amide bonds. The van der Waals surface area contributed by atoms with E-state index in [1.807, 2.05) is 6.07 Å². The highest BCUT2D eigenvalue weighted by atomic mass is 16.5. The number of rotatable bonds is 3. The van der Waals surface area contributed by atoms with E-state index in [1.54, 1.807) is 13.2 Å². The molecule has 0 bridgehead atoms. The number of nitrogen functional groups attached to an aromatic ring is 1. The van der Waals surface area contributed by atoms with Crippen molar-refractivity contribution < 1.29 is 4.74 Å². The summed E-state index contributed by atoms with van der Waals surface area (Å²) >= 11 is 0. The van der Waals surface area contributed by atoms with E-state index in [9.17, 15) is 0 Å². The molecule has 0 unspecified atom stereocenters. The Bertz CT molecular complexity index is 608. The van der Waals surface area contributed by atoms with E-state index in [2.05, 4.69) is 46.1 Å². The normalized spacial score (nSPS) is 11.2. The van der Waals surface area contributed by atoms with Gasteiger partial charge in [0.25, 0.3) is 0 Å². The van der Waals surface area contributed by atoms with E-state index in [0.29, 0.717) is 23.2 Å². The molecule has 20 heavy (non-hydrogen) atoms. The Morgan fingerprint density at radius 3 is 2.50 bits per heavy atom. The number of hydrogen-bond donors (Lipinski definition) is 2. The lowest BCUT2D eigenvalue weighted by Gasteiger charge is -2.19. The summed E-state index contributed by atoms with van der Waals surface area (Å²) in [6.07, 6.45) is 1.41. The van der Waals surface area contributed by atoms with E-state index in [1.165, 1.54) is 6.33 Å². The lowest BCUT2D eigenvalue weighted by molar-refractivity contribution is 0.397. The minimum Gasteiger partial charge on any atom is -0.481 e. The smallest absolute Gasteiger partial charge is 0.216 e. The molecule has 2 aromatic rings.